The number of ether oxygens (including phenoxy) is 1. The van der Waals surface area contributed by atoms with E-state index < -0.39 is 0 Å². The van der Waals surface area contributed by atoms with Crippen LogP contribution in [0.4, 0.5) is 0 Å². The summed E-state index contributed by atoms with van der Waals surface area (Å²) in [5.74, 6) is 1.64. The summed E-state index contributed by atoms with van der Waals surface area (Å²) in [6, 6.07) is 16.3. The topological polar surface area (TPSA) is 52.3 Å². The summed E-state index contributed by atoms with van der Waals surface area (Å²) in [6.07, 6.45) is 0. The Bertz CT molecular complexity index is 962. The molecule has 0 saturated heterocycles. The Kier molecular flexibility index (Phi) is 4.51. The van der Waals surface area contributed by atoms with Crippen molar-refractivity contribution in [3.05, 3.63) is 59.7 Å². The Morgan fingerprint density at radius 3 is 2.62 bits per heavy atom. The number of hydrogen-bond acceptors (Lipinski definition) is 5. The van der Waals surface area contributed by atoms with E-state index in [1.165, 1.54) is 5.56 Å². The number of thioether (sulfide) groups is 1. The Labute approximate surface area is 157 Å². The van der Waals surface area contributed by atoms with Gasteiger partial charge < -0.3 is 4.74 Å². The summed E-state index contributed by atoms with van der Waals surface area (Å²) in [7, 11) is 0. The second-order valence-corrected chi connectivity index (χ2v) is 7.50. The molecule has 6 heteroatoms. The van der Waals surface area contributed by atoms with E-state index in [0.29, 0.717) is 6.61 Å². The summed E-state index contributed by atoms with van der Waals surface area (Å²) in [5, 5.41) is 14.6. The maximum Gasteiger partial charge on any atom is 0.213 e. The molecule has 0 saturated carbocycles. The van der Waals surface area contributed by atoms with Crippen molar-refractivity contribution in [3.63, 3.8) is 0 Å². The normalized spacial score (nSPS) is 16.1. The Morgan fingerprint density at radius 2 is 1.88 bits per heavy atom. The van der Waals surface area contributed by atoms with Crippen LogP contribution in [0, 0.1) is 6.92 Å². The van der Waals surface area contributed by atoms with Gasteiger partial charge in [-0.2, -0.15) is 9.78 Å². The Morgan fingerprint density at radius 1 is 1.08 bits per heavy atom. The highest BCUT2D eigenvalue weighted by Gasteiger charge is 2.26. The van der Waals surface area contributed by atoms with E-state index >= 15 is 0 Å². The molecule has 0 spiro atoms. The van der Waals surface area contributed by atoms with E-state index in [1.807, 2.05) is 35.9 Å². The second kappa shape index (κ2) is 6.96. The molecular formula is C20H20N4OS. The molecular weight excluding hydrogens is 344 g/mol. The van der Waals surface area contributed by atoms with Gasteiger partial charge in [0.25, 0.3) is 0 Å². The van der Waals surface area contributed by atoms with Gasteiger partial charge in [-0.1, -0.05) is 35.5 Å². The van der Waals surface area contributed by atoms with Gasteiger partial charge in [-0.15, -0.1) is 10.2 Å². The molecule has 0 aliphatic carbocycles. The molecule has 4 rings (SSSR count). The van der Waals surface area contributed by atoms with Crippen molar-refractivity contribution in [2.24, 2.45) is 5.10 Å². The van der Waals surface area contributed by atoms with Gasteiger partial charge in [0.15, 0.2) is 5.82 Å². The predicted molar refractivity (Wildman–Crippen MR) is 105 cm³/mol. The number of nitrogens with zero attached hydrogens (tertiary/aromatic N) is 4. The zero-order valence-electron chi connectivity index (χ0n) is 15.0. The van der Waals surface area contributed by atoms with Crippen LogP contribution in [0.3, 0.4) is 0 Å². The minimum absolute atomic E-state index is 0.204. The first-order valence-corrected chi connectivity index (χ1v) is 9.55. The zero-order valence-corrected chi connectivity index (χ0v) is 15.8. The lowest BCUT2D eigenvalue weighted by atomic mass is 10.1. The summed E-state index contributed by atoms with van der Waals surface area (Å²) >= 11 is 1.68. The molecule has 0 radical (unpaired) electrons. The third kappa shape index (κ3) is 3.12. The lowest BCUT2D eigenvalue weighted by Gasteiger charge is -2.20. The molecule has 2 heterocycles. The SMILES string of the molecule is CCOc1ccc(C2=Nn3c(nnc3-c3cccc(C)c3)S[C@@H]2C)cc1. The predicted octanol–water partition coefficient (Wildman–Crippen LogP) is 4.40. The lowest BCUT2D eigenvalue weighted by Crippen LogP contribution is -2.21. The number of hydrogen-bond donors (Lipinski definition) is 0. The minimum atomic E-state index is 0.204. The smallest absolute Gasteiger partial charge is 0.213 e. The van der Waals surface area contributed by atoms with Crippen molar-refractivity contribution in [1.29, 1.82) is 0 Å². The fourth-order valence-electron chi connectivity index (χ4n) is 2.98. The number of aryl methyl sites for hydroxylation is 1. The van der Waals surface area contributed by atoms with Crippen molar-refractivity contribution in [1.82, 2.24) is 14.9 Å². The summed E-state index contributed by atoms with van der Waals surface area (Å²) < 4.78 is 7.39. The van der Waals surface area contributed by atoms with E-state index in [2.05, 4.69) is 48.3 Å². The Hall–Kier alpha value is -2.60. The summed E-state index contributed by atoms with van der Waals surface area (Å²) in [5.41, 5.74) is 4.31. The van der Waals surface area contributed by atoms with E-state index in [1.54, 1.807) is 11.8 Å². The largest absolute Gasteiger partial charge is 0.494 e. The number of rotatable bonds is 4. The summed E-state index contributed by atoms with van der Waals surface area (Å²) in [6.45, 7) is 6.86. The molecule has 26 heavy (non-hydrogen) atoms. The van der Waals surface area contributed by atoms with Crippen LogP contribution < -0.4 is 4.74 Å². The van der Waals surface area contributed by atoms with Crippen LogP contribution in [-0.4, -0.2) is 32.4 Å². The van der Waals surface area contributed by atoms with Gasteiger partial charge in [-0.05, 0) is 56.7 Å². The first-order valence-electron chi connectivity index (χ1n) is 8.67. The molecule has 1 aliphatic heterocycles. The first kappa shape index (κ1) is 16.8. The molecule has 0 unspecified atom stereocenters. The zero-order chi connectivity index (χ0) is 18.1. The van der Waals surface area contributed by atoms with Crippen LogP contribution in [0.1, 0.15) is 25.0 Å². The third-order valence-electron chi connectivity index (χ3n) is 4.22. The molecule has 0 bridgehead atoms. The van der Waals surface area contributed by atoms with Gasteiger partial charge >= 0.3 is 0 Å². The highest BCUT2D eigenvalue weighted by Crippen LogP contribution is 2.33. The maximum atomic E-state index is 5.54. The van der Waals surface area contributed by atoms with Gasteiger partial charge in [0.2, 0.25) is 5.16 Å². The standard InChI is InChI=1S/C20H20N4OS/c1-4-25-17-10-8-15(9-11-17)18-14(3)26-20-22-21-19(24(20)23-18)16-7-5-6-13(2)12-16/h5-12,14H,4H2,1-3H3/t14-/m1/s1. The van der Waals surface area contributed by atoms with Gasteiger partial charge in [0.05, 0.1) is 17.6 Å². The van der Waals surface area contributed by atoms with Crippen LogP contribution in [-0.2, 0) is 0 Å². The number of benzene rings is 2. The fourth-order valence-corrected chi connectivity index (χ4v) is 3.90. The molecule has 0 fully saturated rings. The fraction of sp³-hybridized carbons (Fsp3) is 0.250. The molecule has 132 valence electrons. The van der Waals surface area contributed by atoms with Crippen LogP contribution in [0.15, 0.2) is 58.8 Å². The van der Waals surface area contributed by atoms with Crippen molar-refractivity contribution >= 4 is 17.5 Å². The second-order valence-electron chi connectivity index (χ2n) is 6.19. The molecule has 2 aromatic carbocycles. The van der Waals surface area contributed by atoms with E-state index in [-0.39, 0.29) is 5.25 Å². The number of fused-ring (bicyclic) bond motifs is 1. The molecule has 0 N–H and O–H groups in total. The molecule has 0 amide bonds. The van der Waals surface area contributed by atoms with Gasteiger partial charge in [-0.3, -0.25) is 0 Å². The van der Waals surface area contributed by atoms with Crippen molar-refractivity contribution in [2.45, 2.75) is 31.2 Å². The quantitative estimate of drug-likeness (QED) is 0.688. The molecule has 1 aromatic heterocycles. The van der Waals surface area contributed by atoms with Crippen LogP contribution in [0.5, 0.6) is 5.75 Å². The van der Waals surface area contributed by atoms with E-state index in [4.69, 9.17) is 9.84 Å². The van der Waals surface area contributed by atoms with Crippen molar-refractivity contribution in [3.8, 4) is 17.1 Å². The summed E-state index contributed by atoms with van der Waals surface area (Å²) in [4.78, 5) is 0. The average molecular weight is 364 g/mol. The monoisotopic (exact) mass is 364 g/mol. The average Bonchev–Trinajstić information content (AvgIpc) is 3.05. The van der Waals surface area contributed by atoms with Gasteiger partial charge in [-0.25, -0.2) is 0 Å². The van der Waals surface area contributed by atoms with Crippen LogP contribution in [0.25, 0.3) is 11.4 Å². The molecule has 5 nitrogen and oxygen atoms in total. The van der Waals surface area contributed by atoms with Gasteiger partial charge in [0, 0.05) is 5.56 Å². The van der Waals surface area contributed by atoms with E-state index in [0.717, 1.165) is 33.6 Å². The third-order valence-corrected chi connectivity index (χ3v) is 5.27. The number of aromatic nitrogens is 3. The molecule has 1 aliphatic rings. The van der Waals surface area contributed by atoms with E-state index in [9.17, 15) is 0 Å². The highest BCUT2D eigenvalue weighted by molar-refractivity contribution is 8.00. The first-order chi connectivity index (χ1) is 12.7. The lowest BCUT2D eigenvalue weighted by molar-refractivity contribution is 0.340. The maximum absolute atomic E-state index is 5.54. The van der Waals surface area contributed by atoms with Crippen LogP contribution >= 0.6 is 11.8 Å². The van der Waals surface area contributed by atoms with Crippen molar-refractivity contribution in [2.75, 3.05) is 6.61 Å². The Balaban J connectivity index is 1.75. The minimum Gasteiger partial charge on any atom is -0.494 e. The molecule has 3 aromatic rings. The van der Waals surface area contributed by atoms with Gasteiger partial charge in [0.1, 0.15) is 5.75 Å². The molecule has 1 atom stereocenters. The van der Waals surface area contributed by atoms with Crippen molar-refractivity contribution < 1.29 is 4.74 Å². The highest BCUT2D eigenvalue weighted by atomic mass is 32.2. The van der Waals surface area contributed by atoms with Crippen LogP contribution in [0.2, 0.25) is 0 Å².